The third kappa shape index (κ3) is 4.75. The van der Waals surface area contributed by atoms with Crippen LogP contribution in [0.5, 0.6) is 0 Å². The molecule has 4 aromatic rings. The molecular weight excluding hydrogens is 406 g/mol. The minimum absolute atomic E-state index is 0.0631. The van der Waals surface area contributed by atoms with E-state index in [0.717, 1.165) is 43.6 Å². The Labute approximate surface area is 195 Å². The molecule has 0 aliphatic carbocycles. The fourth-order valence-corrected chi connectivity index (χ4v) is 4.66. The number of imidazole rings is 1. The zero-order chi connectivity index (χ0) is 22.6. The minimum Gasteiger partial charge on any atom is -0.330 e. The van der Waals surface area contributed by atoms with E-state index >= 15 is 0 Å². The monoisotopic (exact) mass is 435 g/mol. The molecule has 166 valence electrons. The van der Waals surface area contributed by atoms with Crippen LogP contribution >= 0.6 is 0 Å². The van der Waals surface area contributed by atoms with Crippen molar-refractivity contribution in [3.63, 3.8) is 0 Å². The highest BCUT2D eigenvalue weighted by atomic mass is 16.2. The van der Waals surface area contributed by atoms with E-state index in [9.17, 15) is 4.79 Å². The number of benzene rings is 3. The molecule has 1 atom stereocenters. The van der Waals surface area contributed by atoms with Gasteiger partial charge in [0, 0.05) is 36.6 Å². The van der Waals surface area contributed by atoms with Gasteiger partial charge in [0.25, 0.3) is 0 Å². The van der Waals surface area contributed by atoms with Gasteiger partial charge in [0.2, 0.25) is 5.91 Å². The lowest BCUT2D eigenvalue weighted by Gasteiger charge is -2.18. The Hall–Kier alpha value is -3.66. The van der Waals surface area contributed by atoms with Crippen molar-refractivity contribution in [3.8, 4) is 11.1 Å². The van der Waals surface area contributed by atoms with E-state index in [1.165, 1.54) is 22.4 Å². The summed E-state index contributed by atoms with van der Waals surface area (Å²) in [4.78, 5) is 19.6. The van der Waals surface area contributed by atoms with Crippen LogP contribution in [0, 0.1) is 12.8 Å². The molecule has 1 aromatic heterocycles. The first kappa shape index (κ1) is 21.2. The topological polar surface area (TPSA) is 38.1 Å². The molecule has 0 N–H and O–H groups in total. The van der Waals surface area contributed by atoms with Gasteiger partial charge < -0.3 is 9.47 Å². The zero-order valence-corrected chi connectivity index (χ0v) is 19.0. The van der Waals surface area contributed by atoms with Crippen molar-refractivity contribution >= 4 is 11.6 Å². The Morgan fingerprint density at radius 3 is 2.55 bits per heavy atom. The van der Waals surface area contributed by atoms with Crippen molar-refractivity contribution in [1.29, 1.82) is 0 Å². The number of anilines is 1. The summed E-state index contributed by atoms with van der Waals surface area (Å²) < 4.78 is 2.20. The van der Waals surface area contributed by atoms with Crippen molar-refractivity contribution in [3.05, 3.63) is 108 Å². The first-order valence-electron chi connectivity index (χ1n) is 11.7. The molecular formula is C29H29N3O. The lowest BCUT2D eigenvalue weighted by Crippen LogP contribution is -2.27. The van der Waals surface area contributed by atoms with Gasteiger partial charge in [0.15, 0.2) is 0 Å². The maximum absolute atomic E-state index is 13.2. The summed E-state index contributed by atoms with van der Waals surface area (Å²) in [5.41, 5.74) is 7.03. The average molecular weight is 436 g/mol. The summed E-state index contributed by atoms with van der Waals surface area (Å²) >= 11 is 0. The van der Waals surface area contributed by atoms with Gasteiger partial charge in [-0.15, -0.1) is 0 Å². The van der Waals surface area contributed by atoms with Gasteiger partial charge in [-0.25, -0.2) is 4.98 Å². The number of carbonyl (C=O) groups is 1. The Balaban J connectivity index is 1.23. The summed E-state index contributed by atoms with van der Waals surface area (Å²) in [7, 11) is 0. The quantitative estimate of drug-likeness (QED) is 0.363. The number of hydrogen-bond acceptors (Lipinski definition) is 2. The molecule has 1 amide bonds. The lowest BCUT2D eigenvalue weighted by molar-refractivity contribution is -0.120. The zero-order valence-electron chi connectivity index (χ0n) is 19.0. The molecule has 0 radical (unpaired) electrons. The Morgan fingerprint density at radius 2 is 1.73 bits per heavy atom. The Kier molecular flexibility index (Phi) is 6.07. The molecule has 0 spiro atoms. The molecule has 1 aliphatic heterocycles. The summed E-state index contributed by atoms with van der Waals surface area (Å²) in [6.45, 7) is 3.70. The van der Waals surface area contributed by atoms with E-state index in [1.807, 2.05) is 47.8 Å². The summed E-state index contributed by atoms with van der Waals surface area (Å²) in [5.74, 6) is 0.304. The largest absolute Gasteiger partial charge is 0.330 e. The molecule has 4 nitrogen and oxygen atoms in total. The van der Waals surface area contributed by atoms with Gasteiger partial charge in [0.1, 0.15) is 0 Å². The van der Waals surface area contributed by atoms with E-state index in [0.29, 0.717) is 0 Å². The second kappa shape index (κ2) is 9.45. The number of carbonyl (C=O) groups excluding carboxylic acids is 1. The third-order valence-corrected chi connectivity index (χ3v) is 6.60. The maximum Gasteiger partial charge on any atom is 0.230 e. The van der Waals surface area contributed by atoms with Crippen LogP contribution in [0.1, 0.15) is 29.7 Å². The first-order valence-corrected chi connectivity index (χ1v) is 11.7. The molecule has 0 saturated carbocycles. The highest BCUT2D eigenvalue weighted by Crippen LogP contribution is 2.31. The van der Waals surface area contributed by atoms with Crippen LogP contribution in [0.2, 0.25) is 0 Å². The minimum atomic E-state index is 0.0631. The van der Waals surface area contributed by atoms with E-state index in [4.69, 9.17) is 0 Å². The van der Waals surface area contributed by atoms with Gasteiger partial charge in [0.05, 0.1) is 6.33 Å². The van der Waals surface area contributed by atoms with Crippen molar-refractivity contribution in [2.75, 3.05) is 11.4 Å². The van der Waals surface area contributed by atoms with Crippen molar-refractivity contribution in [2.24, 2.45) is 5.92 Å². The second-order valence-corrected chi connectivity index (χ2v) is 8.93. The number of amides is 1. The smallest absolute Gasteiger partial charge is 0.230 e. The SMILES string of the molecule is Cc1ccc(Cn2cncc2CC[C@@H]2CCN(c3cccc(-c4ccccc4)c3)C2=O)cc1. The van der Waals surface area contributed by atoms with Crippen LogP contribution in [-0.2, 0) is 17.8 Å². The molecule has 1 aliphatic rings. The molecule has 5 rings (SSSR count). The van der Waals surface area contributed by atoms with E-state index < -0.39 is 0 Å². The Morgan fingerprint density at radius 1 is 0.939 bits per heavy atom. The van der Waals surface area contributed by atoms with Gasteiger partial charge in [-0.1, -0.05) is 72.3 Å². The molecule has 33 heavy (non-hydrogen) atoms. The lowest BCUT2D eigenvalue weighted by atomic mass is 10.0. The fraction of sp³-hybridized carbons (Fsp3) is 0.241. The van der Waals surface area contributed by atoms with Crippen molar-refractivity contribution in [1.82, 2.24) is 9.55 Å². The molecule has 4 heteroatoms. The van der Waals surface area contributed by atoms with E-state index in [1.54, 1.807) is 0 Å². The number of aromatic nitrogens is 2. The number of hydrogen-bond donors (Lipinski definition) is 0. The van der Waals surface area contributed by atoms with Crippen molar-refractivity contribution < 1.29 is 4.79 Å². The second-order valence-electron chi connectivity index (χ2n) is 8.93. The van der Waals surface area contributed by atoms with Crippen LogP contribution < -0.4 is 4.90 Å². The summed E-state index contributed by atoms with van der Waals surface area (Å²) in [5, 5.41) is 0. The van der Waals surface area contributed by atoms with Gasteiger partial charge >= 0.3 is 0 Å². The van der Waals surface area contributed by atoms with E-state index in [-0.39, 0.29) is 11.8 Å². The molecule has 2 heterocycles. The van der Waals surface area contributed by atoms with Crippen LogP contribution in [0.25, 0.3) is 11.1 Å². The van der Waals surface area contributed by atoms with Gasteiger partial charge in [-0.3, -0.25) is 4.79 Å². The highest BCUT2D eigenvalue weighted by molar-refractivity contribution is 5.97. The predicted octanol–water partition coefficient (Wildman–Crippen LogP) is 5.89. The van der Waals surface area contributed by atoms with Crippen LogP contribution in [0.15, 0.2) is 91.4 Å². The van der Waals surface area contributed by atoms with Gasteiger partial charge in [-0.2, -0.15) is 0 Å². The summed E-state index contributed by atoms with van der Waals surface area (Å²) in [6, 6.07) is 27.3. The molecule has 0 unspecified atom stereocenters. The molecule has 0 bridgehead atoms. The van der Waals surface area contributed by atoms with E-state index in [2.05, 4.69) is 65.0 Å². The number of aryl methyl sites for hydroxylation is 2. The Bertz CT molecular complexity index is 1230. The average Bonchev–Trinajstić information content (AvgIpc) is 3.45. The fourth-order valence-electron chi connectivity index (χ4n) is 4.66. The highest BCUT2D eigenvalue weighted by Gasteiger charge is 2.32. The standard InChI is InChI=1S/C29H29N3O/c1-22-10-12-23(13-11-22)20-31-21-30-19-28(31)15-14-25-16-17-32(29(25)33)27-9-5-8-26(18-27)24-6-3-2-4-7-24/h2-13,18-19,21,25H,14-17,20H2,1H3/t25-/m1/s1. The number of rotatable bonds is 7. The van der Waals surface area contributed by atoms with Crippen LogP contribution in [0.4, 0.5) is 5.69 Å². The molecule has 1 saturated heterocycles. The van der Waals surface area contributed by atoms with Gasteiger partial charge in [-0.05, 0) is 55.0 Å². The van der Waals surface area contributed by atoms with Crippen LogP contribution in [-0.4, -0.2) is 22.0 Å². The van der Waals surface area contributed by atoms with Crippen LogP contribution in [0.3, 0.4) is 0 Å². The molecule has 3 aromatic carbocycles. The number of nitrogens with zero attached hydrogens (tertiary/aromatic N) is 3. The predicted molar refractivity (Wildman–Crippen MR) is 133 cm³/mol. The third-order valence-electron chi connectivity index (χ3n) is 6.60. The van der Waals surface area contributed by atoms with Crippen molar-refractivity contribution in [2.45, 2.75) is 32.7 Å². The normalized spacial score (nSPS) is 15.8. The molecule has 1 fully saturated rings. The maximum atomic E-state index is 13.2. The summed E-state index contributed by atoms with van der Waals surface area (Å²) in [6.07, 6.45) is 6.45. The first-order chi connectivity index (χ1) is 16.2.